The van der Waals surface area contributed by atoms with Crippen molar-refractivity contribution in [3.05, 3.63) is 54.5 Å². The maximum Gasteiger partial charge on any atom is 0.137 e. The standard InChI is InChI=1S/C17H19FN6/c18-16-4-2-1-3-15(16)17-13(9-20-22-17)10-23-7-5-14(6-8-23)24-12-19-11-21-24/h1-4,9,11-12,14H,5-8,10H2,(H,20,22). The molecule has 1 saturated heterocycles. The quantitative estimate of drug-likeness (QED) is 0.800. The van der Waals surface area contributed by atoms with Gasteiger partial charge in [-0.3, -0.25) is 10.00 Å². The van der Waals surface area contributed by atoms with Gasteiger partial charge in [0.15, 0.2) is 0 Å². The Morgan fingerprint density at radius 3 is 2.79 bits per heavy atom. The number of aromatic amines is 1. The zero-order valence-corrected chi connectivity index (χ0v) is 13.3. The first-order chi connectivity index (χ1) is 11.8. The molecule has 1 aliphatic heterocycles. The largest absolute Gasteiger partial charge is 0.299 e. The van der Waals surface area contributed by atoms with Crippen molar-refractivity contribution in [3.8, 4) is 11.3 Å². The van der Waals surface area contributed by atoms with Gasteiger partial charge in [-0.1, -0.05) is 12.1 Å². The van der Waals surface area contributed by atoms with E-state index in [0.717, 1.165) is 43.7 Å². The maximum absolute atomic E-state index is 14.0. The lowest BCUT2D eigenvalue weighted by Crippen LogP contribution is -2.34. The van der Waals surface area contributed by atoms with Crippen LogP contribution in [0.5, 0.6) is 0 Å². The van der Waals surface area contributed by atoms with Crippen molar-refractivity contribution < 1.29 is 4.39 Å². The van der Waals surface area contributed by atoms with E-state index in [2.05, 4.69) is 25.2 Å². The molecule has 3 heterocycles. The molecule has 7 heteroatoms. The van der Waals surface area contributed by atoms with E-state index in [4.69, 9.17) is 0 Å². The third kappa shape index (κ3) is 2.94. The number of hydrogen-bond donors (Lipinski definition) is 1. The lowest BCUT2D eigenvalue weighted by molar-refractivity contribution is 0.173. The Balaban J connectivity index is 1.44. The average Bonchev–Trinajstić information content (AvgIpc) is 3.28. The van der Waals surface area contributed by atoms with Crippen molar-refractivity contribution in [2.24, 2.45) is 0 Å². The first-order valence-electron chi connectivity index (χ1n) is 8.15. The van der Waals surface area contributed by atoms with Gasteiger partial charge >= 0.3 is 0 Å². The molecule has 0 atom stereocenters. The molecule has 0 amide bonds. The highest BCUT2D eigenvalue weighted by Gasteiger charge is 2.22. The molecule has 1 fully saturated rings. The summed E-state index contributed by atoms with van der Waals surface area (Å²) in [6, 6.07) is 7.21. The third-order valence-corrected chi connectivity index (χ3v) is 4.62. The van der Waals surface area contributed by atoms with Gasteiger partial charge in [0.25, 0.3) is 0 Å². The van der Waals surface area contributed by atoms with Crippen LogP contribution in [0.2, 0.25) is 0 Å². The molecule has 4 rings (SSSR count). The van der Waals surface area contributed by atoms with Crippen molar-refractivity contribution in [2.75, 3.05) is 13.1 Å². The monoisotopic (exact) mass is 326 g/mol. The van der Waals surface area contributed by atoms with Crippen LogP contribution < -0.4 is 0 Å². The van der Waals surface area contributed by atoms with Crippen molar-refractivity contribution >= 4 is 0 Å². The molecule has 1 aliphatic rings. The number of nitrogens with one attached hydrogen (secondary N) is 1. The molecule has 124 valence electrons. The summed E-state index contributed by atoms with van der Waals surface area (Å²) < 4.78 is 16.0. The molecule has 1 N–H and O–H groups in total. The molecule has 0 aliphatic carbocycles. The van der Waals surface area contributed by atoms with Gasteiger partial charge in [-0.15, -0.1) is 0 Å². The smallest absolute Gasteiger partial charge is 0.137 e. The highest BCUT2D eigenvalue weighted by molar-refractivity contribution is 5.63. The second kappa shape index (κ2) is 6.52. The second-order valence-corrected chi connectivity index (χ2v) is 6.13. The minimum atomic E-state index is -0.229. The molecular formula is C17H19FN6. The van der Waals surface area contributed by atoms with Crippen LogP contribution >= 0.6 is 0 Å². The number of aromatic nitrogens is 5. The molecule has 6 nitrogen and oxygen atoms in total. The van der Waals surface area contributed by atoms with E-state index in [1.165, 1.54) is 6.07 Å². The molecule has 1 aromatic carbocycles. The highest BCUT2D eigenvalue weighted by Crippen LogP contribution is 2.27. The number of H-pyrrole nitrogens is 1. The summed E-state index contributed by atoms with van der Waals surface area (Å²) in [5, 5.41) is 11.3. The zero-order valence-electron chi connectivity index (χ0n) is 13.3. The molecule has 0 radical (unpaired) electrons. The SMILES string of the molecule is Fc1ccccc1-c1[nH]ncc1CN1CCC(n2cncn2)CC1. The molecule has 3 aromatic rings. The Morgan fingerprint density at radius 2 is 2.04 bits per heavy atom. The lowest BCUT2D eigenvalue weighted by atomic mass is 10.0. The fraction of sp³-hybridized carbons (Fsp3) is 0.353. The number of hydrogen-bond acceptors (Lipinski definition) is 4. The van der Waals surface area contributed by atoms with E-state index in [0.29, 0.717) is 11.6 Å². The molecule has 2 aromatic heterocycles. The van der Waals surface area contributed by atoms with Crippen molar-refractivity contribution in [3.63, 3.8) is 0 Å². The fourth-order valence-electron chi connectivity index (χ4n) is 3.32. The topological polar surface area (TPSA) is 62.6 Å². The van der Waals surface area contributed by atoms with Crippen LogP contribution in [0.15, 0.2) is 43.1 Å². The van der Waals surface area contributed by atoms with Gasteiger partial charge in [-0.2, -0.15) is 10.2 Å². The van der Waals surface area contributed by atoms with Gasteiger partial charge in [0.1, 0.15) is 18.5 Å². The van der Waals surface area contributed by atoms with E-state index in [-0.39, 0.29) is 5.82 Å². The van der Waals surface area contributed by atoms with E-state index in [1.807, 2.05) is 10.7 Å². The van der Waals surface area contributed by atoms with Crippen molar-refractivity contribution in [1.29, 1.82) is 0 Å². The van der Waals surface area contributed by atoms with Crippen LogP contribution in [0.25, 0.3) is 11.3 Å². The summed E-state index contributed by atoms with van der Waals surface area (Å²) in [4.78, 5) is 6.40. The molecular weight excluding hydrogens is 307 g/mol. The van der Waals surface area contributed by atoms with Crippen LogP contribution in [0.4, 0.5) is 4.39 Å². The highest BCUT2D eigenvalue weighted by atomic mass is 19.1. The van der Waals surface area contributed by atoms with Gasteiger partial charge < -0.3 is 0 Å². The Bertz CT molecular complexity index is 789. The average molecular weight is 326 g/mol. The number of benzene rings is 1. The third-order valence-electron chi connectivity index (χ3n) is 4.62. The lowest BCUT2D eigenvalue weighted by Gasteiger charge is -2.31. The maximum atomic E-state index is 14.0. The molecule has 24 heavy (non-hydrogen) atoms. The zero-order chi connectivity index (χ0) is 16.4. The van der Waals surface area contributed by atoms with Crippen LogP contribution in [0, 0.1) is 5.82 Å². The Kier molecular flexibility index (Phi) is 4.08. The Hall–Kier alpha value is -2.54. The second-order valence-electron chi connectivity index (χ2n) is 6.13. The van der Waals surface area contributed by atoms with E-state index < -0.39 is 0 Å². The first-order valence-corrected chi connectivity index (χ1v) is 8.15. The van der Waals surface area contributed by atoms with Crippen LogP contribution in [-0.2, 0) is 6.54 Å². The van der Waals surface area contributed by atoms with Gasteiger partial charge in [0, 0.05) is 30.8 Å². The van der Waals surface area contributed by atoms with Crippen molar-refractivity contribution in [1.82, 2.24) is 29.9 Å². The van der Waals surface area contributed by atoms with E-state index >= 15 is 0 Å². The van der Waals surface area contributed by atoms with E-state index in [9.17, 15) is 4.39 Å². The predicted molar refractivity (Wildman–Crippen MR) is 87.6 cm³/mol. The Labute approximate surface area is 139 Å². The minimum absolute atomic E-state index is 0.229. The van der Waals surface area contributed by atoms with Crippen LogP contribution in [0.3, 0.4) is 0 Å². The summed E-state index contributed by atoms with van der Waals surface area (Å²) >= 11 is 0. The molecule has 0 bridgehead atoms. The number of rotatable bonds is 4. The molecule has 0 unspecified atom stereocenters. The number of nitrogens with zero attached hydrogens (tertiary/aromatic N) is 5. The van der Waals surface area contributed by atoms with Gasteiger partial charge in [-0.25, -0.2) is 14.1 Å². The summed E-state index contributed by atoms with van der Waals surface area (Å²) in [5.74, 6) is -0.229. The molecule has 0 saturated carbocycles. The summed E-state index contributed by atoms with van der Waals surface area (Å²) in [7, 11) is 0. The van der Waals surface area contributed by atoms with Gasteiger partial charge in [0.05, 0.1) is 17.9 Å². The predicted octanol–water partition coefficient (Wildman–Crippen LogP) is 2.64. The van der Waals surface area contributed by atoms with Gasteiger partial charge in [0.2, 0.25) is 0 Å². The summed E-state index contributed by atoms with van der Waals surface area (Å²) in [5.41, 5.74) is 2.37. The minimum Gasteiger partial charge on any atom is -0.299 e. The summed E-state index contributed by atoms with van der Waals surface area (Å²) in [6.07, 6.45) is 7.24. The van der Waals surface area contributed by atoms with Crippen LogP contribution in [-0.4, -0.2) is 43.0 Å². The molecule has 0 spiro atoms. The Morgan fingerprint density at radius 1 is 1.21 bits per heavy atom. The normalized spacial score (nSPS) is 16.5. The number of likely N-dealkylation sites (tertiary alicyclic amines) is 1. The van der Waals surface area contributed by atoms with Crippen molar-refractivity contribution in [2.45, 2.75) is 25.4 Å². The first kappa shape index (κ1) is 15.0. The number of halogens is 1. The van der Waals surface area contributed by atoms with E-state index in [1.54, 1.807) is 31.0 Å². The fourth-order valence-corrected chi connectivity index (χ4v) is 3.32. The van der Waals surface area contributed by atoms with Crippen LogP contribution in [0.1, 0.15) is 24.4 Å². The number of piperidine rings is 1. The van der Waals surface area contributed by atoms with Gasteiger partial charge in [-0.05, 0) is 25.0 Å². The summed E-state index contributed by atoms with van der Waals surface area (Å²) in [6.45, 7) is 2.73.